The van der Waals surface area contributed by atoms with Crippen molar-refractivity contribution in [1.29, 1.82) is 5.26 Å². The second-order valence-corrected chi connectivity index (χ2v) is 12.0. The first kappa shape index (κ1) is 31.2. The van der Waals surface area contributed by atoms with Gasteiger partial charge in [0.1, 0.15) is 40.2 Å². The van der Waals surface area contributed by atoms with E-state index in [1.54, 1.807) is 10.3 Å². The van der Waals surface area contributed by atoms with Crippen LogP contribution in [0, 0.1) is 23.0 Å². The van der Waals surface area contributed by atoms with Crippen LogP contribution in [0.3, 0.4) is 0 Å². The van der Waals surface area contributed by atoms with Crippen molar-refractivity contribution in [3.63, 3.8) is 0 Å². The summed E-state index contributed by atoms with van der Waals surface area (Å²) in [4.78, 5) is 35.4. The number of ether oxygens (including phenoxy) is 1. The Hall–Kier alpha value is -4.81. The summed E-state index contributed by atoms with van der Waals surface area (Å²) < 4.78 is 51.8. The van der Waals surface area contributed by atoms with Crippen molar-refractivity contribution in [3.8, 4) is 29.1 Å². The fourth-order valence-electron chi connectivity index (χ4n) is 5.78. The monoisotopic (exact) mass is 650 g/mol. The van der Waals surface area contributed by atoms with Gasteiger partial charge in [0.05, 0.1) is 23.9 Å². The van der Waals surface area contributed by atoms with Gasteiger partial charge in [-0.1, -0.05) is 0 Å². The minimum atomic E-state index is -0.996. The molecule has 0 radical (unpaired) electrons. The van der Waals surface area contributed by atoms with E-state index in [0.29, 0.717) is 5.01 Å². The number of amides is 1. The number of halogens is 3. The molecule has 0 bridgehead atoms. The van der Waals surface area contributed by atoms with Crippen molar-refractivity contribution in [2.45, 2.75) is 31.3 Å². The van der Waals surface area contributed by atoms with E-state index in [1.165, 1.54) is 28.6 Å². The van der Waals surface area contributed by atoms with Gasteiger partial charge in [0.15, 0.2) is 11.6 Å². The van der Waals surface area contributed by atoms with E-state index in [4.69, 9.17) is 4.74 Å². The number of thiazole rings is 1. The average molecular weight is 651 g/mol. The number of likely N-dealkylation sites (tertiary alicyclic amines) is 1. The van der Waals surface area contributed by atoms with Gasteiger partial charge in [-0.05, 0) is 44.6 Å². The van der Waals surface area contributed by atoms with Crippen LogP contribution in [0.1, 0.15) is 24.3 Å². The number of piperazine rings is 1. The van der Waals surface area contributed by atoms with Crippen LogP contribution in [0.2, 0.25) is 0 Å². The first-order chi connectivity index (χ1) is 22.2. The standard InChI is InChI=1S/C31H29F3N8O3S/c1-40-9-2-3-19(40)17-45-31-38-28-22(15-37-27(26(28)34)21-13-20(43)4-5-23(21)32)29(39-31)41-10-11-42(18(16-41)6-7-35)30(44)24(33)14-25-36-8-12-46-25/h4-5,8,12-15,18-19,43H,2-3,6,9-11,16-17H2,1H3/b24-14-/t18-,19-/m0/s1. The van der Waals surface area contributed by atoms with Crippen LogP contribution in [0.15, 0.2) is 41.8 Å². The highest BCUT2D eigenvalue weighted by atomic mass is 32.1. The third-order valence-electron chi connectivity index (χ3n) is 8.20. The van der Waals surface area contributed by atoms with Gasteiger partial charge in [-0.25, -0.2) is 18.2 Å². The summed E-state index contributed by atoms with van der Waals surface area (Å²) in [6.07, 6.45) is 5.71. The molecule has 46 heavy (non-hydrogen) atoms. The maximum atomic E-state index is 16.2. The van der Waals surface area contributed by atoms with Crippen molar-refractivity contribution >= 4 is 40.0 Å². The molecule has 3 aromatic heterocycles. The summed E-state index contributed by atoms with van der Waals surface area (Å²) in [5, 5.41) is 21.7. The number of aromatic nitrogens is 4. The number of carbonyl (C=O) groups excluding carboxylic acids is 1. The molecule has 0 aliphatic carbocycles. The van der Waals surface area contributed by atoms with Crippen molar-refractivity contribution in [2.24, 2.45) is 0 Å². The van der Waals surface area contributed by atoms with Gasteiger partial charge < -0.3 is 24.5 Å². The predicted octanol–water partition coefficient (Wildman–Crippen LogP) is 4.55. The highest BCUT2D eigenvalue weighted by molar-refractivity contribution is 7.10. The quantitative estimate of drug-likeness (QED) is 0.271. The van der Waals surface area contributed by atoms with Gasteiger partial charge in [0.2, 0.25) is 0 Å². The lowest BCUT2D eigenvalue weighted by Gasteiger charge is -2.41. The molecule has 238 valence electrons. The number of benzene rings is 1. The molecule has 5 heterocycles. The highest BCUT2D eigenvalue weighted by Gasteiger charge is 2.34. The van der Waals surface area contributed by atoms with Gasteiger partial charge in [-0.2, -0.15) is 15.2 Å². The number of phenols is 1. The van der Waals surface area contributed by atoms with Crippen LogP contribution in [0.4, 0.5) is 19.0 Å². The lowest BCUT2D eigenvalue weighted by Crippen LogP contribution is -2.55. The van der Waals surface area contributed by atoms with Crippen LogP contribution in [0.5, 0.6) is 11.8 Å². The molecule has 2 aliphatic heterocycles. The predicted molar refractivity (Wildman–Crippen MR) is 165 cm³/mol. The van der Waals surface area contributed by atoms with E-state index in [0.717, 1.165) is 43.7 Å². The fourth-order valence-corrected chi connectivity index (χ4v) is 6.33. The summed E-state index contributed by atoms with van der Waals surface area (Å²) in [5.74, 6) is -3.61. The Labute approximate surface area is 266 Å². The van der Waals surface area contributed by atoms with Crippen LogP contribution in [-0.2, 0) is 4.79 Å². The van der Waals surface area contributed by atoms with E-state index in [9.17, 15) is 23.9 Å². The number of anilines is 1. The lowest BCUT2D eigenvalue weighted by atomic mass is 10.1. The number of likely N-dealkylation sites (N-methyl/N-ethyl adjacent to an activating group) is 1. The molecule has 1 aromatic carbocycles. The molecule has 2 aliphatic rings. The SMILES string of the molecule is CN1CCC[C@H]1COc1nc(N2CCN(C(=O)/C(F)=C/c3nccs3)[C@@H](CC#N)C2)c2cnc(-c3cc(O)ccc3F)c(F)c2n1. The molecule has 15 heteroatoms. The first-order valence-corrected chi connectivity index (χ1v) is 15.5. The molecule has 0 unspecified atom stereocenters. The Morgan fingerprint density at radius 3 is 2.80 bits per heavy atom. The number of pyridine rings is 1. The minimum Gasteiger partial charge on any atom is -0.508 e. The van der Waals surface area contributed by atoms with Gasteiger partial charge in [0.25, 0.3) is 5.91 Å². The number of carbonyl (C=O) groups is 1. The van der Waals surface area contributed by atoms with Gasteiger partial charge in [-0.3, -0.25) is 9.78 Å². The molecule has 2 atom stereocenters. The van der Waals surface area contributed by atoms with Gasteiger partial charge in [0, 0.05) is 55.1 Å². The third kappa shape index (κ3) is 6.31. The van der Waals surface area contributed by atoms with E-state index < -0.39 is 29.4 Å². The largest absolute Gasteiger partial charge is 0.508 e. The van der Waals surface area contributed by atoms with Crippen LogP contribution < -0.4 is 9.64 Å². The van der Waals surface area contributed by atoms with Crippen LogP contribution in [0.25, 0.3) is 28.2 Å². The smallest absolute Gasteiger partial charge is 0.319 e. The Morgan fingerprint density at radius 1 is 1.22 bits per heavy atom. The Kier molecular flexibility index (Phi) is 9.00. The maximum Gasteiger partial charge on any atom is 0.319 e. The summed E-state index contributed by atoms with van der Waals surface area (Å²) in [7, 11) is 1.99. The fraction of sp³-hybridized carbons (Fsp3) is 0.355. The Bertz CT molecular complexity index is 1830. The van der Waals surface area contributed by atoms with E-state index in [1.807, 2.05) is 7.05 Å². The Balaban J connectivity index is 1.36. The zero-order valence-electron chi connectivity index (χ0n) is 24.7. The molecular weight excluding hydrogens is 621 g/mol. The lowest BCUT2D eigenvalue weighted by molar-refractivity contribution is -0.131. The molecular formula is C31H29F3N8O3S. The molecule has 11 nitrogen and oxygen atoms in total. The molecule has 1 amide bonds. The molecule has 0 spiro atoms. The minimum absolute atomic E-state index is 0.0430. The molecule has 4 aromatic rings. The van der Waals surface area contributed by atoms with Crippen molar-refractivity contribution in [3.05, 3.63) is 58.4 Å². The van der Waals surface area contributed by atoms with Gasteiger partial charge >= 0.3 is 6.01 Å². The van der Waals surface area contributed by atoms with Crippen molar-refractivity contribution < 1.29 is 27.8 Å². The molecule has 6 rings (SSSR count). The number of nitrogens with zero attached hydrogens (tertiary/aromatic N) is 8. The van der Waals surface area contributed by atoms with E-state index in [-0.39, 0.29) is 78.4 Å². The molecule has 1 N–H and O–H groups in total. The molecule has 0 saturated carbocycles. The van der Waals surface area contributed by atoms with Crippen molar-refractivity contribution in [1.82, 2.24) is 29.7 Å². The number of hydrogen-bond acceptors (Lipinski definition) is 11. The van der Waals surface area contributed by atoms with E-state index >= 15 is 4.39 Å². The Morgan fingerprint density at radius 2 is 2.07 bits per heavy atom. The van der Waals surface area contributed by atoms with E-state index in [2.05, 4.69) is 30.9 Å². The molecule has 2 fully saturated rings. The number of rotatable bonds is 8. The summed E-state index contributed by atoms with van der Waals surface area (Å²) in [6.45, 7) is 1.46. The van der Waals surface area contributed by atoms with Crippen molar-refractivity contribution in [2.75, 3.05) is 44.7 Å². The second kappa shape index (κ2) is 13.3. The second-order valence-electron chi connectivity index (χ2n) is 11.1. The topological polar surface area (TPSA) is 132 Å². The number of hydrogen-bond donors (Lipinski definition) is 1. The average Bonchev–Trinajstić information content (AvgIpc) is 3.72. The third-order valence-corrected chi connectivity index (χ3v) is 8.92. The normalized spacial score (nSPS) is 19.1. The summed E-state index contributed by atoms with van der Waals surface area (Å²) in [5.41, 5.74) is -0.781. The number of nitriles is 1. The van der Waals surface area contributed by atoms with Gasteiger partial charge in [-0.15, -0.1) is 11.3 Å². The first-order valence-electron chi connectivity index (χ1n) is 14.6. The highest BCUT2D eigenvalue weighted by Crippen LogP contribution is 2.35. The van der Waals surface area contributed by atoms with Crippen LogP contribution >= 0.6 is 11.3 Å². The zero-order valence-corrected chi connectivity index (χ0v) is 25.6. The summed E-state index contributed by atoms with van der Waals surface area (Å²) >= 11 is 1.18. The number of aromatic hydroxyl groups is 1. The molecule has 2 saturated heterocycles. The van der Waals surface area contributed by atoms with Crippen LogP contribution in [-0.4, -0.2) is 92.7 Å². The number of fused-ring (bicyclic) bond motifs is 1. The number of phenolic OH excluding ortho intramolecular Hbond substituents is 1. The summed E-state index contributed by atoms with van der Waals surface area (Å²) in [6, 6.07) is 4.59. The zero-order chi connectivity index (χ0) is 32.4. The maximum absolute atomic E-state index is 16.2.